The van der Waals surface area contributed by atoms with Gasteiger partial charge in [0.05, 0.1) is 29.2 Å². The van der Waals surface area contributed by atoms with Crippen molar-refractivity contribution in [2.24, 2.45) is 5.92 Å². The van der Waals surface area contributed by atoms with Gasteiger partial charge in [-0.3, -0.25) is 5.32 Å². The molecule has 2 heterocycles. The first-order chi connectivity index (χ1) is 23.9. The van der Waals surface area contributed by atoms with Gasteiger partial charge in [-0.25, -0.2) is 18.8 Å². The number of halogens is 2. The summed E-state index contributed by atoms with van der Waals surface area (Å²) in [5, 5.41) is 13.4. The number of hydrogen-bond acceptors (Lipinski definition) is 6. The molecular weight excluding hydrogens is 697 g/mol. The number of carbonyl (C=O) groups is 1. The predicted octanol–water partition coefficient (Wildman–Crippen LogP) is 8.96. The molecule has 1 aliphatic rings. The summed E-state index contributed by atoms with van der Waals surface area (Å²) in [6, 6.07) is 27.8. The summed E-state index contributed by atoms with van der Waals surface area (Å²) in [4.78, 5) is 17.0. The molecule has 13 heteroatoms. The number of carbonyl (C=O) groups excluding carboxylic acids is 1. The number of hydrogen-bond donors (Lipinski definition) is 3. The molecule has 1 amide bonds. The van der Waals surface area contributed by atoms with E-state index in [0.29, 0.717) is 46.1 Å². The average molecular weight is 731 g/mol. The lowest BCUT2D eigenvalue weighted by Crippen LogP contribution is -2.29. The maximum absolute atomic E-state index is 12.3. The number of nitrogens with one attached hydrogen (secondary N) is 2. The van der Waals surface area contributed by atoms with E-state index in [0.717, 1.165) is 38.3 Å². The molecule has 6 rings (SSSR count). The Labute approximate surface area is 300 Å². The van der Waals surface area contributed by atoms with Gasteiger partial charge in [-0.1, -0.05) is 91.7 Å². The largest absolute Gasteiger partial charge is 0.493 e. The topological polar surface area (TPSA) is 126 Å². The monoisotopic (exact) mass is 729 g/mol. The summed E-state index contributed by atoms with van der Waals surface area (Å²) in [5.74, 6) is 0.468. The number of aliphatic hydroxyl groups is 1. The van der Waals surface area contributed by atoms with Gasteiger partial charge in [0.25, 0.3) is 0 Å². The molecule has 256 valence electrons. The molecular formula is C37H33Cl2N5O5S. The Bertz CT molecular complexity index is 2200. The standard InChI is InChI=1S/C37H33Cl2N5O5S/c1-24(2)23-49-37(46)40-30-5-3-4-28(18-30)27-11-6-25(7-12-27)10-17-35-41-34(32-16-13-29(38)19-33(32)39)21-43(35)20-26-8-14-31(15-9-26)44-22-36(45)42-50(44,47)48/h3-19,21-22,24,42,45H,20,23H2,1-2H3,(H,40,46). The van der Waals surface area contributed by atoms with E-state index in [4.69, 9.17) is 32.9 Å². The van der Waals surface area contributed by atoms with Gasteiger partial charge < -0.3 is 14.4 Å². The highest BCUT2D eigenvalue weighted by Crippen LogP contribution is 2.31. The van der Waals surface area contributed by atoms with Crippen LogP contribution in [0.25, 0.3) is 34.5 Å². The molecule has 5 aromatic rings. The van der Waals surface area contributed by atoms with Crippen LogP contribution >= 0.6 is 23.2 Å². The summed E-state index contributed by atoms with van der Waals surface area (Å²) in [6.45, 7) is 4.74. The molecule has 0 atom stereocenters. The summed E-state index contributed by atoms with van der Waals surface area (Å²) in [7, 11) is -3.89. The predicted molar refractivity (Wildman–Crippen MR) is 199 cm³/mol. The fourth-order valence-corrected chi connectivity index (χ4v) is 6.75. The molecule has 0 unspecified atom stereocenters. The number of amides is 1. The van der Waals surface area contributed by atoms with Gasteiger partial charge in [-0.2, -0.15) is 8.42 Å². The molecule has 0 aliphatic carbocycles. The molecule has 1 aliphatic heterocycles. The number of aliphatic hydroxyl groups excluding tert-OH is 1. The maximum Gasteiger partial charge on any atom is 0.411 e. The lowest BCUT2D eigenvalue weighted by molar-refractivity contribution is 0.147. The summed E-state index contributed by atoms with van der Waals surface area (Å²) >= 11 is 12.7. The van der Waals surface area contributed by atoms with Crippen molar-refractivity contribution >= 4 is 63.0 Å². The van der Waals surface area contributed by atoms with Gasteiger partial charge in [0.1, 0.15) is 5.82 Å². The van der Waals surface area contributed by atoms with E-state index >= 15 is 0 Å². The maximum atomic E-state index is 12.3. The number of anilines is 2. The minimum Gasteiger partial charge on any atom is -0.493 e. The van der Waals surface area contributed by atoms with Crippen LogP contribution in [0.2, 0.25) is 10.0 Å². The Balaban J connectivity index is 1.23. The van der Waals surface area contributed by atoms with Crippen LogP contribution in [0.3, 0.4) is 0 Å². The average Bonchev–Trinajstić information content (AvgIpc) is 3.60. The highest BCUT2D eigenvalue weighted by molar-refractivity contribution is 7.91. The third-order valence-electron chi connectivity index (χ3n) is 7.62. The number of ether oxygens (including phenoxy) is 1. The summed E-state index contributed by atoms with van der Waals surface area (Å²) in [5.41, 5.74) is 6.17. The van der Waals surface area contributed by atoms with Crippen molar-refractivity contribution in [3.63, 3.8) is 0 Å². The van der Waals surface area contributed by atoms with Crippen molar-refractivity contribution in [3.8, 4) is 22.4 Å². The summed E-state index contributed by atoms with van der Waals surface area (Å²) < 4.78 is 34.8. The van der Waals surface area contributed by atoms with Gasteiger partial charge in [-0.05, 0) is 76.7 Å². The molecule has 4 aromatic carbocycles. The van der Waals surface area contributed by atoms with Gasteiger partial charge >= 0.3 is 16.3 Å². The van der Waals surface area contributed by atoms with E-state index in [1.165, 1.54) is 0 Å². The van der Waals surface area contributed by atoms with Crippen LogP contribution in [0.15, 0.2) is 109 Å². The summed E-state index contributed by atoms with van der Waals surface area (Å²) in [6.07, 6.45) is 6.41. The number of rotatable bonds is 10. The second-order valence-electron chi connectivity index (χ2n) is 12.0. The Hall–Kier alpha value is -5.23. The molecule has 0 radical (unpaired) electrons. The quantitative estimate of drug-likeness (QED) is 0.132. The van der Waals surface area contributed by atoms with E-state index in [9.17, 15) is 18.3 Å². The molecule has 0 saturated heterocycles. The first kappa shape index (κ1) is 34.6. The molecule has 0 spiro atoms. The first-order valence-corrected chi connectivity index (χ1v) is 17.8. The lowest BCUT2D eigenvalue weighted by atomic mass is 10.0. The Kier molecular flexibility index (Phi) is 10.2. The molecule has 10 nitrogen and oxygen atoms in total. The number of imidazole rings is 1. The van der Waals surface area contributed by atoms with Crippen LogP contribution in [-0.2, 0) is 21.5 Å². The van der Waals surface area contributed by atoms with E-state index in [2.05, 4.69) is 5.32 Å². The minimum absolute atomic E-state index is 0.249. The van der Waals surface area contributed by atoms with Crippen molar-refractivity contribution in [1.82, 2.24) is 14.3 Å². The molecule has 0 bridgehead atoms. The Morgan fingerprint density at radius 3 is 2.42 bits per heavy atom. The highest BCUT2D eigenvalue weighted by Gasteiger charge is 2.28. The van der Waals surface area contributed by atoms with E-state index in [1.54, 1.807) is 24.3 Å². The number of benzene rings is 4. The van der Waals surface area contributed by atoms with Gasteiger partial charge in [0.2, 0.25) is 5.88 Å². The van der Waals surface area contributed by atoms with Crippen LogP contribution in [0, 0.1) is 5.92 Å². The second kappa shape index (κ2) is 14.7. The molecule has 0 fully saturated rings. The molecule has 0 saturated carbocycles. The minimum atomic E-state index is -3.89. The van der Waals surface area contributed by atoms with E-state index < -0.39 is 22.2 Å². The van der Waals surface area contributed by atoms with Gasteiger partial charge in [-0.15, -0.1) is 0 Å². The second-order valence-corrected chi connectivity index (χ2v) is 14.4. The van der Waals surface area contributed by atoms with E-state index in [1.807, 2.05) is 108 Å². The van der Waals surface area contributed by atoms with Crippen molar-refractivity contribution in [2.75, 3.05) is 16.2 Å². The molecule has 3 N–H and O–H groups in total. The Morgan fingerprint density at radius 1 is 0.980 bits per heavy atom. The first-order valence-electron chi connectivity index (χ1n) is 15.6. The van der Waals surface area contributed by atoms with E-state index in [-0.39, 0.29) is 5.92 Å². The Morgan fingerprint density at radius 2 is 1.74 bits per heavy atom. The molecule has 50 heavy (non-hydrogen) atoms. The zero-order valence-corrected chi connectivity index (χ0v) is 29.4. The van der Waals surface area contributed by atoms with Crippen molar-refractivity contribution in [2.45, 2.75) is 20.4 Å². The van der Waals surface area contributed by atoms with Crippen molar-refractivity contribution < 1.29 is 23.1 Å². The van der Waals surface area contributed by atoms with Crippen LogP contribution in [-0.4, -0.2) is 35.8 Å². The van der Waals surface area contributed by atoms with Crippen molar-refractivity contribution in [3.05, 3.63) is 136 Å². The number of aromatic nitrogens is 2. The third kappa shape index (κ3) is 8.31. The fraction of sp³-hybridized carbons (Fsp3) is 0.135. The van der Waals surface area contributed by atoms with Crippen LogP contribution < -0.4 is 14.3 Å². The van der Waals surface area contributed by atoms with Crippen LogP contribution in [0.5, 0.6) is 0 Å². The zero-order chi connectivity index (χ0) is 35.4. The van der Waals surface area contributed by atoms with Gasteiger partial charge in [0.15, 0.2) is 0 Å². The van der Waals surface area contributed by atoms with Crippen molar-refractivity contribution in [1.29, 1.82) is 0 Å². The highest BCUT2D eigenvalue weighted by atomic mass is 35.5. The smallest absolute Gasteiger partial charge is 0.411 e. The SMILES string of the molecule is CC(C)COC(=O)Nc1cccc(-c2ccc(C=Cc3nc(-c4ccc(Cl)cc4Cl)cn3Cc3ccc(N4C=C(O)NS4(=O)=O)cc3)cc2)c1. The normalized spacial score (nSPS) is 13.8. The van der Waals surface area contributed by atoms with Gasteiger partial charge in [0, 0.05) is 29.0 Å². The molecule has 1 aromatic heterocycles. The number of nitrogens with zero attached hydrogens (tertiary/aromatic N) is 3. The third-order valence-corrected chi connectivity index (χ3v) is 9.46. The van der Waals surface area contributed by atoms with Crippen LogP contribution in [0.1, 0.15) is 30.8 Å². The zero-order valence-electron chi connectivity index (χ0n) is 27.0. The van der Waals surface area contributed by atoms with Crippen LogP contribution in [0.4, 0.5) is 16.2 Å². The lowest BCUT2D eigenvalue weighted by Gasteiger charge is -2.14. The fourth-order valence-electron chi connectivity index (χ4n) is 5.19.